The van der Waals surface area contributed by atoms with Crippen LogP contribution in [0.3, 0.4) is 0 Å². The molecule has 3 atom stereocenters. The summed E-state index contributed by atoms with van der Waals surface area (Å²) in [4.78, 5) is 24.8. The number of carbonyl (C=O) groups excluding carboxylic acids is 2. The number of thioether (sulfide) groups is 1. The predicted octanol–water partition coefficient (Wildman–Crippen LogP) is 1.71. The van der Waals surface area contributed by atoms with Gasteiger partial charge < -0.3 is 19.9 Å². The number of hydrogen-bond donors (Lipinski definition) is 2. The van der Waals surface area contributed by atoms with Crippen LogP contribution in [0.1, 0.15) is 26.3 Å². The zero-order chi connectivity index (χ0) is 18.4. The van der Waals surface area contributed by atoms with Crippen LogP contribution in [0.2, 0.25) is 0 Å². The van der Waals surface area contributed by atoms with Gasteiger partial charge in [0.05, 0.1) is 0 Å². The Hall–Kier alpha value is -1.57. The first-order valence-corrected chi connectivity index (χ1v) is 9.27. The van der Waals surface area contributed by atoms with Crippen LogP contribution < -0.4 is 5.32 Å². The van der Waals surface area contributed by atoms with Crippen molar-refractivity contribution in [2.75, 3.05) is 12.4 Å². The SMILES string of the molecule is CC(C)(C)C(=O)N[C@@H](Cc1ccccc1)C(=O)OC[C@@H]1O[C@H](O)CS1. The third-order valence-corrected chi connectivity index (χ3v) is 4.75. The lowest BCUT2D eigenvalue weighted by molar-refractivity contribution is -0.154. The van der Waals surface area contributed by atoms with Gasteiger partial charge in [0.25, 0.3) is 0 Å². The van der Waals surface area contributed by atoms with Crippen LogP contribution in [0, 0.1) is 5.41 Å². The Morgan fingerprint density at radius 2 is 2.04 bits per heavy atom. The maximum atomic E-state index is 12.5. The lowest BCUT2D eigenvalue weighted by atomic mass is 9.94. The van der Waals surface area contributed by atoms with E-state index in [4.69, 9.17) is 9.47 Å². The van der Waals surface area contributed by atoms with Crippen LogP contribution in [-0.4, -0.2) is 47.1 Å². The summed E-state index contributed by atoms with van der Waals surface area (Å²) >= 11 is 1.39. The van der Waals surface area contributed by atoms with E-state index in [0.29, 0.717) is 12.2 Å². The summed E-state index contributed by atoms with van der Waals surface area (Å²) in [7, 11) is 0. The molecule has 25 heavy (non-hydrogen) atoms. The molecule has 0 unspecified atom stereocenters. The first kappa shape index (κ1) is 19.8. The number of nitrogens with one attached hydrogen (secondary N) is 1. The van der Waals surface area contributed by atoms with Crippen molar-refractivity contribution >= 4 is 23.6 Å². The minimum atomic E-state index is -0.825. The number of aliphatic hydroxyl groups is 1. The summed E-state index contributed by atoms with van der Waals surface area (Å²) in [5.41, 5.74) is -0.0563. The quantitative estimate of drug-likeness (QED) is 0.745. The predicted molar refractivity (Wildman–Crippen MR) is 95.8 cm³/mol. The summed E-state index contributed by atoms with van der Waals surface area (Å²) in [6.45, 7) is 5.41. The van der Waals surface area contributed by atoms with Gasteiger partial charge in [0.1, 0.15) is 18.1 Å². The second-order valence-corrected chi connectivity index (χ2v) is 8.14. The van der Waals surface area contributed by atoms with Gasteiger partial charge in [0.15, 0.2) is 6.29 Å². The van der Waals surface area contributed by atoms with Crippen LogP contribution >= 0.6 is 11.8 Å². The van der Waals surface area contributed by atoms with E-state index in [9.17, 15) is 14.7 Å². The molecule has 6 nitrogen and oxygen atoms in total. The van der Waals surface area contributed by atoms with Gasteiger partial charge in [-0.2, -0.15) is 0 Å². The number of esters is 1. The number of ether oxygens (including phenoxy) is 2. The molecule has 7 heteroatoms. The minimum absolute atomic E-state index is 0.0389. The van der Waals surface area contributed by atoms with Crippen molar-refractivity contribution < 1.29 is 24.2 Å². The van der Waals surface area contributed by atoms with Crippen molar-refractivity contribution in [1.82, 2.24) is 5.32 Å². The molecule has 1 amide bonds. The smallest absolute Gasteiger partial charge is 0.329 e. The fourth-order valence-corrected chi connectivity index (χ4v) is 3.03. The highest BCUT2D eigenvalue weighted by Crippen LogP contribution is 2.24. The third kappa shape index (κ3) is 6.34. The standard InChI is InChI=1S/C18H25NO5S/c1-18(2,3)17(22)19-13(9-12-7-5-4-6-8-12)16(21)23-10-15-24-14(20)11-25-15/h4-8,13-15,20H,9-11H2,1-3H3,(H,19,22)/t13-,14-,15+/m0/s1. The molecule has 1 heterocycles. The van der Waals surface area contributed by atoms with E-state index < -0.39 is 23.7 Å². The van der Waals surface area contributed by atoms with E-state index in [1.54, 1.807) is 20.8 Å². The van der Waals surface area contributed by atoms with Crippen LogP contribution in [-0.2, 0) is 25.5 Å². The fraction of sp³-hybridized carbons (Fsp3) is 0.556. The molecule has 1 saturated heterocycles. The van der Waals surface area contributed by atoms with Gasteiger partial charge in [-0.3, -0.25) is 4.79 Å². The van der Waals surface area contributed by atoms with Crippen molar-refractivity contribution in [3.05, 3.63) is 35.9 Å². The maximum Gasteiger partial charge on any atom is 0.329 e. The average molecular weight is 367 g/mol. The molecule has 0 saturated carbocycles. The fourth-order valence-electron chi connectivity index (χ4n) is 2.20. The van der Waals surface area contributed by atoms with Crippen LogP contribution in [0.15, 0.2) is 30.3 Å². The van der Waals surface area contributed by atoms with Gasteiger partial charge in [-0.15, -0.1) is 11.8 Å². The highest BCUT2D eigenvalue weighted by Gasteiger charge is 2.30. The molecule has 1 aliphatic heterocycles. The summed E-state index contributed by atoms with van der Waals surface area (Å²) < 4.78 is 10.5. The largest absolute Gasteiger partial charge is 0.460 e. The number of rotatable bonds is 6. The van der Waals surface area contributed by atoms with Gasteiger partial charge in [0, 0.05) is 17.6 Å². The highest BCUT2D eigenvalue weighted by atomic mass is 32.2. The van der Waals surface area contributed by atoms with Crippen molar-refractivity contribution in [3.63, 3.8) is 0 Å². The maximum absolute atomic E-state index is 12.5. The van der Waals surface area contributed by atoms with Gasteiger partial charge in [-0.05, 0) is 5.56 Å². The van der Waals surface area contributed by atoms with Crippen LogP contribution in [0.25, 0.3) is 0 Å². The van der Waals surface area contributed by atoms with Crippen LogP contribution in [0.4, 0.5) is 0 Å². The van der Waals surface area contributed by atoms with E-state index in [0.717, 1.165) is 5.56 Å². The molecule has 2 N–H and O–H groups in total. The van der Waals surface area contributed by atoms with Crippen molar-refractivity contribution in [2.24, 2.45) is 5.41 Å². The van der Waals surface area contributed by atoms with E-state index in [1.807, 2.05) is 30.3 Å². The van der Waals surface area contributed by atoms with E-state index in [2.05, 4.69) is 5.32 Å². The summed E-state index contributed by atoms with van der Waals surface area (Å²) in [6.07, 6.45) is -0.475. The van der Waals surface area contributed by atoms with Crippen molar-refractivity contribution in [2.45, 2.75) is 45.0 Å². The number of benzene rings is 1. The zero-order valence-corrected chi connectivity index (χ0v) is 15.5. The molecule has 2 rings (SSSR count). The zero-order valence-electron chi connectivity index (χ0n) is 14.7. The van der Waals surface area contributed by atoms with Crippen molar-refractivity contribution in [3.8, 4) is 0 Å². The normalized spacial score (nSPS) is 21.6. The molecule has 1 aromatic rings. The second kappa shape index (κ2) is 8.69. The molecule has 0 radical (unpaired) electrons. The number of aliphatic hydroxyl groups excluding tert-OH is 1. The molecular formula is C18H25NO5S. The number of hydrogen-bond acceptors (Lipinski definition) is 6. The number of carbonyl (C=O) groups is 2. The lowest BCUT2D eigenvalue weighted by Crippen LogP contribution is -2.47. The molecule has 138 valence electrons. The summed E-state index contributed by atoms with van der Waals surface area (Å²) in [6, 6.07) is 8.68. The van der Waals surface area contributed by atoms with Gasteiger partial charge >= 0.3 is 5.97 Å². The Bertz CT molecular complexity index is 587. The Labute approximate surface area is 152 Å². The first-order valence-electron chi connectivity index (χ1n) is 8.22. The minimum Gasteiger partial charge on any atom is -0.460 e. The molecule has 1 aromatic carbocycles. The van der Waals surface area contributed by atoms with E-state index in [1.165, 1.54) is 11.8 Å². The molecule has 0 aromatic heterocycles. The lowest BCUT2D eigenvalue weighted by Gasteiger charge is -2.24. The Balaban J connectivity index is 1.99. The summed E-state index contributed by atoms with van der Waals surface area (Å²) in [5, 5.41) is 12.1. The topological polar surface area (TPSA) is 84.9 Å². The molecule has 0 aliphatic carbocycles. The van der Waals surface area contributed by atoms with Gasteiger partial charge in [-0.1, -0.05) is 51.1 Å². The molecule has 1 aliphatic rings. The van der Waals surface area contributed by atoms with Gasteiger partial charge in [-0.25, -0.2) is 4.79 Å². The Kier molecular flexibility index (Phi) is 6.87. The third-order valence-electron chi connectivity index (χ3n) is 3.65. The average Bonchev–Trinajstić information content (AvgIpc) is 2.97. The van der Waals surface area contributed by atoms with Crippen molar-refractivity contribution in [1.29, 1.82) is 0 Å². The second-order valence-electron chi connectivity index (χ2n) is 6.95. The first-order chi connectivity index (χ1) is 11.8. The van der Waals surface area contributed by atoms with Crippen LogP contribution in [0.5, 0.6) is 0 Å². The summed E-state index contributed by atoms with van der Waals surface area (Å²) in [5.74, 6) is -0.268. The molecule has 1 fully saturated rings. The Morgan fingerprint density at radius 1 is 1.36 bits per heavy atom. The van der Waals surface area contributed by atoms with E-state index in [-0.39, 0.29) is 18.0 Å². The van der Waals surface area contributed by atoms with Gasteiger partial charge in [0.2, 0.25) is 5.91 Å². The highest BCUT2D eigenvalue weighted by molar-refractivity contribution is 8.00. The molecular weight excluding hydrogens is 342 g/mol. The van der Waals surface area contributed by atoms with E-state index >= 15 is 0 Å². The monoisotopic (exact) mass is 367 g/mol. The number of amides is 1. The molecule has 0 spiro atoms. The Morgan fingerprint density at radius 3 is 2.60 bits per heavy atom. The molecule has 0 bridgehead atoms.